The predicted molar refractivity (Wildman–Crippen MR) is 73.5 cm³/mol. The number of carbonyl (C=O) groups excluding carboxylic acids is 2. The van der Waals surface area contributed by atoms with Crippen molar-refractivity contribution in [3.63, 3.8) is 0 Å². The third kappa shape index (κ3) is 2.51. The molecule has 1 spiro atoms. The van der Waals surface area contributed by atoms with E-state index in [0.717, 1.165) is 50.2 Å². The van der Waals surface area contributed by atoms with E-state index in [4.69, 9.17) is 0 Å². The molecule has 1 saturated carbocycles. The number of hydrogen-bond acceptors (Lipinski definition) is 3. The summed E-state index contributed by atoms with van der Waals surface area (Å²) in [4.78, 5) is 26.1. The molecule has 0 radical (unpaired) electrons. The average molecular weight is 270 g/mol. The molecule has 4 nitrogen and oxygen atoms in total. The number of thioether (sulfide) groups is 1. The molecule has 2 fully saturated rings. The summed E-state index contributed by atoms with van der Waals surface area (Å²) in [6, 6.07) is 0. The van der Waals surface area contributed by atoms with E-state index < -0.39 is 5.54 Å². The minimum Gasteiger partial charge on any atom is -0.345 e. The van der Waals surface area contributed by atoms with Crippen LogP contribution in [0.15, 0.2) is 0 Å². The molecular formula is C13H22N2O2S. The third-order valence-electron chi connectivity index (χ3n) is 3.95. The van der Waals surface area contributed by atoms with Gasteiger partial charge in [-0.3, -0.25) is 9.59 Å². The molecule has 5 heteroatoms. The van der Waals surface area contributed by atoms with Crippen LogP contribution in [0.1, 0.15) is 39.0 Å². The number of hydrogen-bond donors (Lipinski definition) is 1. The zero-order chi connectivity index (χ0) is 13.0. The number of piperazine rings is 1. The minimum absolute atomic E-state index is 0.0720. The number of nitrogens with one attached hydrogen (secondary N) is 1. The zero-order valence-electron chi connectivity index (χ0n) is 11.0. The van der Waals surface area contributed by atoms with Crippen LogP contribution in [0.3, 0.4) is 0 Å². The molecule has 102 valence electrons. The highest BCUT2D eigenvalue weighted by Gasteiger charge is 2.50. The fraction of sp³-hybridized carbons (Fsp3) is 0.846. The molecule has 2 rings (SSSR count). The second-order valence-electron chi connectivity index (χ2n) is 5.02. The number of carbonyl (C=O) groups is 2. The van der Waals surface area contributed by atoms with Crippen molar-refractivity contribution in [2.45, 2.75) is 44.6 Å². The van der Waals surface area contributed by atoms with Crippen LogP contribution in [0, 0.1) is 0 Å². The molecule has 1 aliphatic carbocycles. The van der Waals surface area contributed by atoms with E-state index in [2.05, 4.69) is 12.2 Å². The van der Waals surface area contributed by atoms with Gasteiger partial charge in [0, 0.05) is 6.54 Å². The molecule has 2 amide bonds. The monoisotopic (exact) mass is 270 g/mol. The molecule has 0 atom stereocenters. The van der Waals surface area contributed by atoms with Crippen LogP contribution in [0.2, 0.25) is 0 Å². The normalized spacial score (nSPS) is 22.6. The molecule has 0 unspecified atom stereocenters. The highest BCUT2D eigenvalue weighted by Crippen LogP contribution is 2.37. The van der Waals surface area contributed by atoms with Crippen molar-refractivity contribution in [3.8, 4) is 0 Å². The van der Waals surface area contributed by atoms with Crippen LogP contribution in [0.4, 0.5) is 0 Å². The first-order valence-corrected chi connectivity index (χ1v) is 8.03. The summed E-state index contributed by atoms with van der Waals surface area (Å²) >= 11 is 1.89. The lowest BCUT2D eigenvalue weighted by atomic mass is 9.91. The van der Waals surface area contributed by atoms with Gasteiger partial charge >= 0.3 is 0 Å². The molecule has 0 aromatic rings. The smallest absolute Gasteiger partial charge is 0.246 e. The highest BCUT2D eigenvalue weighted by molar-refractivity contribution is 7.99. The van der Waals surface area contributed by atoms with Crippen LogP contribution < -0.4 is 5.32 Å². The summed E-state index contributed by atoms with van der Waals surface area (Å²) < 4.78 is 0. The van der Waals surface area contributed by atoms with Crippen molar-refractivity contribution in [2.24, 2.45) is 0 Å². The zero-order valence-corrected chi connectivity index (χ0v) is 11.9. The first kappa shape index (κ1) is 13.7. The Bertz CT molecular complexity index is 327. The average Bonchev–Trinajstić information content (AvgIpc) is 2.84. The maximum atomic E-state index is 12.2. The van der Waals surface area contributed by atoms with Crippen molar-refractivity contribution in [1.82, 2.24) is 10.2 Å². The third-order valence-corrected chi connectivity index (χ3v) is 4.93. The van der Waals surface area contributed by atoms with Crippen LogP contribution in [-0.2, 0) is 9.59 Å². The molecule has 1 saturated heterocycles. The Morgan fingerprint density at radius 2 is 2.06 bits per heavy atom. The van der Waals surface area contributed by atoms with Crippen LogP contribution in [0.5, 0.6) is 0 Å². The van der Waals surface area contributed by atoms with Crippen LogP contribution in [0.25, 0.3) is 0 Å². The van der Waals surface area contributed by atoms with Gasteiger partial charge in [-0.15, -0.1) is 0 Å². The topological polar surface area (TPSA) is 49.4 Å². The molecule has 1 aliphatic heterocycles. The summed E-state index contributed by atoms with van der Waals surface area (Å²) in [6.07, 6.45) is 4.78. The fourth-order valence-corrected chi connectivity index (χ4v) is 3.66. The standard InChI is InChI=1S/C13H22N2O2S/c1-2-18-9-5-8-15-11(16)10-14-12(17)13(15)6-3-4-7-13/h2-10H2,1H3,(H,14,17). The molecule has 1 heterocycles. The van der Waals surface area contributed by atoms with Crippen molar-refractivity contribution in [3.05, 3.63) is 0 Å². The van der Waals surface area contributed by atoms with Crippen molar-refractivity contribution < 1.29 is 9.59 Å². The van der Waals surface area contributed by atoms with Crippen molar-refractivity contribution in [2.75, 3.05) is 24.6 Å². The largest absolute Gasteiger partial charge is 0.345 e. The summed E-state index contributed by atoms with van der Waals surface area (Å²) in [7, 11) is 0. The summed E-state index contributed by atoms with van der Waals surface area (Å²) in [5.41, 5.74) is -0.508. The SMILES string of the molecule is CCSCCCN1C(=O)CNC(=O)C12CCCC2. The Morgan fingerprint density at radius 3 is 2.72 bits per heavy atom. The fourth-order valence-electron chi connectivity index (χ4n) is 3.04. The Balaban J connectivity index is 2.02. The van der Waals surface area contributed by atoms with Gasteiger partial charge in [0.1, 0.15) is 5.54 Å². The van der Waals surface area contributed by atoms with Gasteiger partial charge in [0.2, 0.25) is 11.8 Å². The van der Waals surface area contributed by atoms with Crippen molar-refractivity contribution in [1.29, 1.82) is 0 Å². The van der Waals surface area contributed by atoms with Crippen molar-refractivity contribution >= 4 is 23.6 Å². The Morgan fingerprint density at radius 1 is 1.33 bits per heavy atom. The number of nitrogens with zero attached hydrogens (tertiary/aromatic N) is 1. The van der Waals surface area contributed by atoms with Gasteiger partial charge in [0.05, 0.1) is 6.54 Å². The van der Waals surface area contributed by atoms with Gasteiger partial charge in [0.15, 0.2) is 0 Å². The second-order valence-corrected chi connectivity index (χ2v) is 6.41. The van der Waals surface area contributed by atoms with E-state index in [0.29, 0.717) is 0 Å². The lowest BCUT2D eigenvalue weighted by molar-refractivity contribution is -0.153. The number of amides is 2. The lowest BCUT2D eigenvalue weighted by Crippen LogP contribution is -2.66. The second kappa shape index (κ2) is 5.95. The van der Waals surface area contributed by atoms with E-state index in [9.17, 15) is 9.59 Å². The maximum Gasteiger partial charge on any atom is 0.246 e. The van der Waals surface area contributed by atoms with E-state index in [1.807, 2.05) is 16.7 Å². The number of rotatable bonds is 5. The molecule has 0 bridgehead atoms. The minimum atomic E-state index is -0.508. The Kier molecular flexibility index (Phi) is 4.54. The molecule has 18 heavy (non-hydrogen) atoms. The van der Waals surface area contributed by atoms with Gasteiger partial charge in [-0.25, -0.2) is 0 Å². The summed E-state index contributed by atoms with van der Waals surface area (Å²) in [5.74, 6) is 2.35. The molecule has 0 aromatic heterocycles. The van der Waals surface area contributed by atoms with E-state index in [1.54, 1.807) is 0 Å². The van der Waals surface area contributed by atoms with E-state index in [-0.39, 0.29) is 18.4 Å². The van der Waals surface area contributed by atoms with Gasteiger partial charge in [0.25, 0.3) is 0 Å². The summed E-state index contributed by atoms with van der Waals surface area (Å²) in [5, 5.41) is 2.76. The van der Waals surface area contributed by atoms with Gasteiger partial charge in [-0.2, -0.15) is 11.8 Å². The van der Waals surface area contributed by atoms with E-state index in [1.165, 1.54) is 0 Å². The molecule has 1 N–H and O–H groups in total. The first-order valence-electron chi connectivity index (χ1n) is 6.87. The first-order chi connectivity index (χ1) is 8.70. The van der Waals surface area contributed by atoms with Crippen LogP contribution in [-0.4, -0.2) is 46.8 Å². The highest BCUT2D eigenvalue weighted by atomic mass is 32.2. The molecule has 2 aliphatic rings. The van der Waals surface area contributed by atoms with Gasteiger partial charge < -0.3 is 10.2 Å². The molecule has 0 aromatic carbocycles. The van der Waals surface area contributed by atoms with Crippen LogP contribution >= 0.6 is 11.8 Å². The lowest BCUT2D eigenvalue weighted by Gasteiger charge is -2.43. The van der Waals surface area contributed by atoms with Gasteiger partial charge in [-0.05, 0) is 30.8 Å². The Hall–Kier alpha value is -0.710. The predicted octanol–water partition coefficient (Wildman–Crippen LogP) is 1.40. The summed E-state index contributed by atoms with van der Waals surface area (Å²) in [6.45, 7) is 3.06. The molecular weight excluding hydrogens is 248 g/mol. The maximum absolute atomic E-state index is 12.2. The van der Waals surface area contributed by atoms with Gasteiger partial charge in [-0.1, -0.05) is 19.8 Å². The quantitative estimate of drug-likeness (QED) is 0.768. The van der Waals surface area contributed by atoms with E-state index >= 15 is 0 Å². The Labute approximate surface area is 113 Å².